The zero-order valence-electron chi connectivity index (χ0n) is 10.3. The number of hydrogen-bond acceptors (Lipinski definition) is 3. The van der Waals surface area contributed by atoms with E-state index in [-0.39, 0.29) is 5.75 Å². The third-order valence-electron chi connectivity index (χ3n) is 2.84. The Hall–Kier alpha value is -1.90. The van der Waals surface area contributed by atoms with Crippen LogP contribution in [0.2, 0.25) is 0 Å². The van der Waals surface area contributed by atoms with Crippen molar-refractivity contribution >= 4 is 10.8 Å². The van der Waals surface area contributed by atoms with Gasteiger partial charge in [0.05, 0.1) is 13.7 Å². The molecule has 3 heteroatoms. The van der Waals surface area contributed by atoms with Gasteiger partial charge in [-0.05, 0) is 43.0 Å². The fourth-order valence-electron chi connectivity index (χ4n) is 1.93. The smallest absolute Gasteiger partial charge is 0.130 e. The molecule has 2 rings (SSSR count). The number of phenolic OH excluding ortho intramolecular Hbond substituents is 1. The molecule has 0 fully saturated rings. The number of hydrogen-bond donors (Lipinski definition) is 1. The lowest BCUT2D eigenvalue weighted by Gasteiger charge is -2.12. The van der Waals surface area contributed by atoms with Gasteiger partial charge >= 0.3 is 0 Å². The number of benzene rings is 2. The van der Waals surface area contributed by atoms with Gasteiger partial charge in [-0.3, -0.25) is 0 Å². The first-order chi connectivity index (χ1) is 8.17. The number of phenols is 1. The van der Waals surface area contributed by atoms with Gasteiger partial charge < -0.3 is 14.6 Å². The molecule has 0 radical (unpaired) electrons. The van der Waals surface area contributed by atoms with Gasteiger partial charge in [-0.25, -0.2) is 0 Å². The summed E-state index contributed by atoms with van der Waals surface area (Å²) < 4.78 is 10.8. The monoisotopic (exact) mass is 232 g/mol. The molecule has 2 aromatic rings. The molecule has 0 amide bonds. The normalized spacial score (nSPS) is 10.5. The van der Waals surface area contributed by atoms with E-state index in [1.807, 2.05) is 32.0 Å². The molecule has 0 aliphatic heterocycles. The van der Waals surface area contributed by atoms with Crippen molar-refractivity contribution in [3.8, 4) is 17.2 Å². The molecule has 0 bridgehead atoms. The molecule has 0 saturated heterocycles. The highest BCUT2D eigenvalue weighted by Crippen LogP contribution is 2.35. The summed E-state index contributed by atoms with van der Waals surface area (Å²) in [6, 6.07) is 7.32. The molecule has 0 aliphatic carbocycles. The standard InChI is InChI=1S/C14H16O3/c1-4-17-10-7-12-9(2)13(15)6-5-11(12)14(8-10)16-3/h5-8,15H,4H2,1-3H3. The van der Waals surface area contributed by atoms with Crippen LogP contribution in [-0.4, -0.2) is 18.8 Å². The van der Waals surface area contributed by atoms with Crippen molar-refractivity contribution in [2.24, 2.45) is 0 Å². The van der Waals surface area contributed by atoms with Crippen LogP contribution >= 0.6 is 0 Å². The number of fused-ring (bicyclic) bond motifs is 1. The van der Waals surface area contributed by atoms with Crippen LogP contribution in [0.4, 0.5) is 0 Å². The molecule has 90 valence electrons. The van der Waals surface area contributed by atoms with Crippen molar-refractivity contribution in [2.45, 2.75) is 13.8 Å². The van der Waals surface area contributed by atoms with Crippen molar-refractivity contribution < 1.29 is 14.6 Å². The summed E-state index contributed by atoms with van der Waals surface area (Å²) in [4.78, 5) is 0. The van der Waals surface area contributed by atoms with Crippen LogP contribution in [0.5, 0.6) is 17.2 Å². The summed E-state index contributed by atoms with van der Waals surface area (Å²) in [6.45, 7) is 4.42. The predicted octanol–water partition coefficient (Wildman–Crippen LogP) is 3.26. The molecule has 0 heterocycles. The summed E-state index contributed by atoms with van der Waals surface area (Å²) in [6.07, 6.45) is 0. The predicted molar refractivity (Wildman–Crippen MR) is 68.1 cm³/mol. The van der Waals surface area contributed by atoms with Crippen LogP contribution in [0.15, 0.2) is 24.3 Å². The van der Waals surface area contributed by atoms with E-state index in [4.69, 9.17) is 9.47 Å². The quantitative estimate of drug-likeness (QED) is 0.882. The lowest BCUT2D eigenvalue weighted by atomic mass is 10.0. The zero-order chi connectivity index (χ0) is 12.4. The first-order valence-electron chi connectivity index (χ1n) is 5.60. The molecular weight excluding hydrogens is 216 g/mol. The molecule has 3 nitrogen and oxygen atoms in total. The third-order valence-corrected chi connectivity index (χ3v) is 2.84. The highest BCUT2D eigenvalue weighted by molar-refractivity contribution is 5.93. The van der Waals surface area contributed by atoms with Gasteiger partial charge in [0.25, 0.3) is 0 Å². The summed E-state index contributed by atoms with van der Waals surface area (Å²) in [5, 5.41) is 11.6. The van der Waals surface area contributed by atoms with Gasteiger partial charge in [-0.2, -0.15) is 0 Å². The van der Waals surface area contributed by atoms with E-state index in [1.54, 1.807) is 13.2 Å². The van der Waals surface area contributed by atoms with Crippen LogP contribution < -0.4 is 9.47 Å². The first-order valence-corrected chi connectivity index (χ1v) is 5.60. The molecule has 2 aromatic carbocycles. The second-order valence-electron chi connectivity index (χ2n) is 3.86. The van der Waals surface area contributed by atoms with Crippen molar-refractivity contribution in [1.29, 1.82) is 0 Å². The minimum atomic E-state index is 0.285. The Labute approximate surface area is 101 Å². The molecule has 17 heavy (non-hydrogen) atoms. The maximum Gasteiger partial charge on any atom is 0.130 e. The second kappa shape index (κ2) is 4.53. The fourth-order valence-corrected chi connectivity index (χ4v) is 1.93. The Bertz CT molecular complexity index is 547. The lowest BCUT2D eigenvalue weighted by Crippen LogP contribution is -1.94. The molecule has 0 spiro atoms. The minimum absolute atomic E-state index is 0.285. The van der Waals surface area contributed by atoms with Gasteiger partial charge in [-0.1, -0.05) is 0 Å². The Balaban J connectivity index is 2.73. The van der Waals surface area contributed by atoms with Crippen molar-refractivity contribution in [3.05, 3.63) is 29.8 Å². The van der Waals surface area contributed by atoms with Gasteiger partial charge in [0.1, 0.15) is 17.2 Å². The van der Waals surface area contributed by atoms with Crippen LogP contribution in [0.25, 0.3) is 10.8 Å². The van der Waals surface area contributed by atoms with E-state index in [0.717, 1.165) is 27.8 Å². The number of aromatic hydroxyl groups is 1. The topological polar surface area (TPSA) is 38.7 Å². The Kier molecular flexibility index (Phi) is 3.09. The molecule has 0 atom stereocenters. The average molecular weight is 232 g/mol. The van der Waals surface area contributed by atoms with Gasteiger partial charge in [0.2, 0.25) is 0 Å². The highest BCUT2D eigenvalue weighted by Gasteiger charge is 2.09. The SMILES string of the molecule is CCOc1cc(OC)c2ccc(O)c(C)c2c1. The lowest BCUT2D eigenvalue weighted by molar-refractivity contribution is 0.337. The molecular formula is C14H16O3. The van der Waals surface area contributed by atoms with Gasteiger partial charge in [0.15, 0.2) is 0 Å². The Morgan fingerprint density at radius 3 is 2.59 bits per heavy atom. The maximum absolute atomic E-state index is 9.72. The Morgan fingerprint density at radius 2 is 1.94 bits per heavy atom. The highest BCUT2D eigenvalue weighted by atomic mass is 16.5. The van der Waals surface area contributed by atoms with Crippen LogP contribution in [0.1, 0.15) is 12.5 Å². The maximum atomic E-state index is 9.72. The van der Waals surface area contributed by atoms with E-state index in [1.165, 1.54) is 0 Å². The number of rotatable bonds is 3. The van der Waals surface area contributed by atoms with Crippen LogP contribution in [0.3, 0.4) is 0 Å². The van der Waals surface area contributed by atoms with Crippen molar-refractivity contribution in [3.63, 3.8) is 0 Å². The zero-order valence-corrected chi connectivity index (χ0v) is 10.3. The fraction of sp³-hybridized carbons (Fsp3) is 0.286. The number of methoxy groups -OCH3 is 1. The van der Waals surface area contributed by atoms with E-state index < -0.39 is 0 Å². The summed E-state index contributed by atoms with van der Waals surface area (Å²) >= 11 is 0. The van der Waals surface area contributed by atoms with Crippen molar-refractivity contribution in [2.75, 3.05) is 13.7 Å². The number of ether oxygens (including phenoxy) is 2. The number of aryl methyl sites for hydroxylation is 1. The van der Waals surface area contributed by atoms with E-state index in [0.29, 0.717) is 6.61 Å². The molecule has 1 N–H and O–H groups in total. The van der Waals surface area contributed by atoms with E-state index in [9.17, 15) is 5.11 Å². The molecule has 0 saturated carbocycles. The molecule has 0 aromatic heterocycles. The van der Waals surface area contributed by atoms with Crippen molar-refractivity contribution in [1.82, 2.24) is 0 Å². The molecule has 0 aliphatic rings. The average Bonchev–Trinajstić information content (AvgIpc) is 2.34. The summed E-state index contributed by atoms with van der Waals surface area (Å²) in [5.74, 6) is 1.80. The first kappa shape index (κ1) is 11.6. The van der Waals surface area contributed by atoms with Gasteiger partial charge in [0, 0.05) is 11.5 Å². The second-order valence-corrected chi connectivity index (χ2v) is 3.86. The minimum Gasteiger partial charge on any atom is -0.508 e. The summed E-state index contributed by atoms with van der Waals surface area (Å²) in [7, 11) is 1.63. The summed E-state index contributed by atoms with van der Waals surface area (Å²) in [5.41, 5.74) is 0.836. The van der Waals surface area contributed by atoms with E-state index in [2.05, 4.69) is 0 Å². The largest absolute Gasteiger partial charge is 0.508 e. The van der Waals surface area contributed by atoms with E-state index >= 15 is 0 Å². The van der Waals surface area contributed by atoms with Gasteiger partial charge in [-0.15, -0.1) is 0 Å². The molecule has 0 unspecified atom stereocenters. The third kappa shape index (κ3) is 2.00. The van der Waals surface area contributed by atoms with Crippen LogP contribution in [-0.2, 0) is 0 Å². The van der Waals surface area contributed by atoms with Crippen LogP contribution in [0, 0.1) is 6.92 Å². The Morgan fingerprint density at radius 1 is 1.18 bits per heavy atom.